The maximum Gasteiger partial charge on any atom is 0.257 e. The zero-order valence-electron chi connectivity index (χ0n) is 15.6. The van der Waals surface area contributed by atoms with Crippen molar-refractivity contribution in [1.82, 2.24) is 9.82 Å². The van der Waals surface area contributed by atoms with Gasteiger partial charge in [0.15, 0.2) is 0 Å². The van der Waals surface area contributed by atoms with E-state index in [1.807, 2.05) is 0 Å². The molecular weight excluding hydrogens is 570 g/mol. The number of sulfone groups is 1. The lowest BCUT2D eigenvalue weighted by Gasteiger charge is -2.11. The number of fused-ring (bicyclic) bond motifs is 1. The van der Waals surface area contributed by atoms with E-state index in [4.69, 9.17) is 0 Å². The normalized spacial score (nSPS) is 12.2. The van der Waals surface area contributed by atoms with Crippen molar-refractivity contribution in [2.75, 3.05) is 5.43 Å². The van der Waals surface area contributed by atoms with E-state index in [-0.39, 0.29) is 20.5 Å². The smallest absolute Gasteiger partial charge is 0.257 e. The Kier molecular flexibility index (Phi) is 5.97. The number of nitrogens with one attached hydrogen (secondary N) is 3. The first kappa shape index (κ1) is 22.0. The van der Waals surface area contributed by atoms with E-state index in [1.54, 1.807) is 48.5 Å². The molecule has 4 aromatic rings. The number of benzene rings is 3. The third-order valence-corrected chi connectivity index (χ3v) is 8.66. The second-order valence-electron chi connectivity index (χ2n) is 6.52. The van der Waals surface area contributed by atoms with Gasteiger partial charge in [-0.25, -0.2) is 16.8 Å². The van der Waals surface area contributed by atoms with Crippen LogP contribution in [0.25, 0.3) is 10.9 Å². The van der Waals surface area contributed by atoms with Gasteiger partial charge < -0.3 is 4.98 Å². The molecule has 0 aliphatic heterocycles. The first-order chi connectivity index (χ1) is 14.7. The summed E-state index contributed by atoms with van der Waals surface area (Å²) in [5.74, 6) is 0.0183. The van der Waals surface area contributed by atoms with Crippen LogP contribution in [0.15, 0.2) is 96.4 Å². The molecule has 0 amide bonds. The van der Waals surface area contributed by atoms with Crippen molar-refractivity contribution in [3.05, 3.63) is 81.7 Å². The Morgan fingerprint density at radius 3 is 1.87 bits per heavy atom. The van der Waals surface area contributed by atoms with Crippen molar-refractivity contribution in [3.8, 4) is 0 Å². The van der Waals surface area contributed by atoms with E-state index in [2.05, 4.69) is 47.1 Å². The standard InChI is InChI=1S/C20H15Br2N3O4S2/c21-13-5-9-15(10-6-13)30(26,27)19-17-3-1-2-4-18(17)23-20(19)24-25-31(28,29)16-11-7-14(22)8-12-16/h1-12,23-25H. The number of aromatic amines is 1. The molecule has 160 valence electrons. The molecule has 0 saturated heterocycles. The topological polar surface area (TPSA) is 108 Å². The first-order valence-corrected chi connectivity index (χ1v) is 13.4. The Labute approximate surface area is 196 Å². The number of hydrazine groups is 1. The van der Waals surface area contributed by atoms with Crippen LogP contribution in [0.1, 0.15) is 0 Å². The van der Waals surface area contributed by atoms with Crippen LogP contribution in [0.4, 0.5) is 5.82 Å². The van der Waals surface area contributed by atoms with Gasteiger partial charge in [0.25, 0.3) is 10.0 Å². The molecule has 1 aromatic heterocycles. The quantitative estimate of drug-likeness (QED) is 0.281. The number of hydrogen-bond donors (Lipinski definition) is 3. The highest BCUT2D eigenvalue weighted by Crippen LogP contribution is 2.35. The predicted molar refractivity (Wildman–Crippen MR) is 126 cm³/mol. The molecule has 3 aromatic carbocycles. The summed E-state index contributed by atoms with van der Waals surface area (Å²) < 4.78 is 53.6. The Balaban J connectivity index is 1.77. The van der Waals surface area contributed by atoms with Crippen molar-refractivity contribution in [1.29, 1.82) is 0 Å². The Bertz CT molecular complexity index is 1470. The molecule has 0 spiro atoms. The third-order valence-electron chi connectivity index (χ3n) is 4.49. The molecule has 1 heterocycles. The van der Waals surface area contributed by atoms with E-state index in [0.717, 1.165) is 8.95 Å². The van der Waals surface area contributed by atoms with Crippen LogP contribution < -0.4 is 10.3 Å². The number of sulfonamides is 1. The molecule has 4 rings (SSSR count). The molecule has 3 N–H and O–H groups in total. The number of rotatable bonds is 6. The molecule has 11 heteroatoms. The molecule has 0 unspecified atom stereocenters. The number of para-hydroxylation sites is 1. The fourth-order valence-electron chi connectivity index (χ4n) is 3.01. The van der Waals surface area contributed by atoms with Crippen molar-refractivity contribution >= 4 is 68.4 Å². The molecular formula is C20H15Br2N3O4S2. The zero-order chi connectivity index (χ0) is 22.2. The highest BCUT2D eigenvalue weighted by molar-refractivity contribution is 9.10. The van der Waals surface area contributed by atoms with Crippen molar-refractivity contribution in [2.24, 2.45) is 0 Å². The van der Waals surface area contributed by atoms with Crippen molar-refractivity contribution < 1.29 is 16.8 Å². The Morgan fingerprint density at radius 2 is 1.26 bits per heavy atom. The second kappa shape index (κ2) is 8.40. The molecule has 0 bridgehead atoms. The average molecular weight is 585 g/mol. The van der Waals surface area contributed by atoms with E-state index in [9.17, 15) is 16.8 Å². The number of halogens is 2. The summed E-state index contributed by atoms with van der Waals surface area (Å²) >= 11 is 6.56. The third kappa shape index (κ3) is 4.41. The summed E-state index contributed by atoms with van der Waals surface area (Å²) in [5, 5.41) is 0.441. The predicted octanol–water partition coefficient (Wildman–Crippen LogP) is 4.83. The molecule has 0 atom stereocenters. The van der Waals surface area contributed by atoms with Gasteiger partial charge in [0.2, 0.25) is 9.84 Å². The fraction of sp³-hybridized carbons (Fsp3) is 0. The molecule has 0 fully saturated rings. The van der Waals surface area contributed by atoms with Crippen LogP contribution in [0.2, 0.25) is 0 Å². The Hall–Kier alpha value is -2.18. The van der Waals surface area contributed by atoms with Crippen LogP contribution in [0.5, 0.6) is 0 Å². The number of hydrogen-bond acceptors (Lipinski definition) is 5. The van der Waals surface area contributed by atoms with Crippen LogP contribution >= 0.6 is 31.9 Å². The van der Waals surface area contributed by atoms with Gasteiger partial charge in [-0.3, -0.25) is 5.43 Å². The maximum absolute atomic E-state index is 13.4. The van der Waals surface area contributed by atoms with Gasteiger partial charge in [0.05, 0.1) is 9.79 Å². The highest BCUT2D eigenvalue weighted by Gasteiger charge is 2.27. The number of anilines is 1. The SMILES string of the molecule is O=S(=O)(NNc1[nH]c2ccccc2c1S(=O)(=O)c1ccc(Br)cc1)c1ccc(Br)cc1. The molecule has 0 aliphatic rings. The minimum absolute atomic E-state index is 0.0183. The molecule has 0 saturated carbocycles. The lowest BCUT2D eigenvalue weighted by atomic mass is 10.2. The summed E-state index contributed by atoms with van der Waals surface area (Å²) in [4.78, 5) is 5.25. The first-order valence-electron chi connectivity index (χ1n) is 8.83. The van der Waals surface area contributed by atoms with Gasteiger partial charge in [0.1, 0.15) is 10.7 Å². The molecule has 31 heavy (non-hydrogen) atoms. The fourth-order valence-corrected chi connectivity index (χ4v) is 5.95. The van der Waals surface area contributed by atoms with Crippen LogP contribution in [-0.4, -0.2) is 21.8 Å². The molecule has 7 nitrogen and oxygen atoms in total. The van der Waals surface area contributed by atoms with Crippen molar-refractivity contribution in [3.63, 3.8) is 0 Å². The monoisotopic (exact) mass is 583 g/mol. The molecule has 0 radical (unpaired) electrons. The van der Waals surface area contributed by atoms with Crippen LogP contribution in [-0.2, 0) is 19.9 Å². The molecule has 0 aliphatic carbocycles. The van der Waals surface area contributed by atoms with Crippen molar-refractivity contribution in [2.45, 2.75) is 14.7 Å². The lowest BCUT2D eigenvalue weighted by molar-refractivity contribution is 0.586. The van der Waals surface area contributed by atoms with E-state index < -0.39 is 19.9 Å². The van der Waals surface area contributed by atoms with Crippen LogP contribution in [0.3, 0.4) is 0 Å². The highest BCUT2D eigenvalue weighted by atomic mass is 79.9. The van der Waals surface area contributed by atoms with Gasteiger partial charge in [-0.2, -0.15) is 0 Å². The van der Waals surface area contributed by atoms with Gasteiger partial charge in [-0.15, -0.1) is 4.83 Å². The zero-order valence-corrected chi connectivity index (χ0v) is 20.4. The van der Waals surface area contributed by atoms with Gasteiger partial charge in [-0.1, -0.05) is 50.1 Å². The number of aromatic nitrogens is 1. The van der Waals surface area contributed by atoms with Gasteiger partial charge >= 0.3 is 0 Å². The second-order valence-corrected chi connectivity index (χ2v) is 11.9. The summed E-state index contributed by atoms with van der Waals surface area (Å²) in [6, 6.07) is 19.1. The minimum Gasteiger partial charge on any atom is -0.339 e. The van der Waals surface area contributed by atoms with E-state index >= 15 is 0 Å². The minimum atomic E-state index is -3.96. The Morgan fingerprint density at radius 1 is 0.710 bits per heavy atom. The van der Waals surface area contributed by atoms with Gasteiger partial charge in [-0.05, 0) is 54.6 Å². The summed E-state index contributed by atoms with van der Waals surface area (Å²) in [7, 11) is -7.91. The lowest BCUT2D eigenvalue weighted by Crippen LogP contribution is -2.30. The van der Waals surface area contributed by atoms with Gasteiger partial charge in [0, 0.05) is 19.8 Å². The van der Waals surface area contributed by atoms with E-state index in [0.29, 0.717) is 10.9 Å². The largest absolute Gasteiger partial charge is 0.339 e. The van der Waals surface area contributed by atoms with Crippen LogP contribution in [0, 0.1) is 0 Å². The summed E-state index contributed by atoms with van der Waals surface area (Å²) in [6.45, 7) is 0. The maximum atomic E-state index is 13.4. The number of H-pyrrole nitrogens is 1. The average Bonchev–Trinajstić information content (AvgIpc) is 3.12. The summed E-state index contributed by atoms with van der Waals surface area (Å²) in [6.07, 6.45) is 0. The summed E-state index contributed by atoms with van der Waals surface area (Å²) in [5.41, 5.74) is 3.09. The van der Waals surface area contributed by atoms with E-state index in [1.165, 1.54) is 24.3 Å².